The molecule has 0 radical (unpaired) electrons. The molecule has 246 valence electrons. The van der Waals surface area contributed by atoms with E-state index in [1.165, 1.54) is 120 Å². The van der Waals surface area contributed by atoms with Gasteiger partial charge < -0.3 is 5.11 Å². The fourth-order valence-corrected chi connectivity index (χ4v) is 5.45. The van der Waals surface area contributed by atoms with E-state index in [-0.39, 0.29) is 25.0 Å². The molecule has 4 heteroatoms. The molecule has 0 aromatic heterocycles. The number of amides is 2. The maximum Gasteiger partial charge on any atom is 0.229 e. The Labute approximate surface area is 262 Å². The number of aliphatic hydroxyl groups excluding tert-OH is 1. The van der Waals surface area contributed by atoms with Crippen LogP contribution in [0.4, 0.5) is 0 Å². The minimum atomic E-state index is -0.157. The average Bonchev–Trinajstić information content (AvgIpc) is 2.99. The zero-order chi connectivity index (χ0) is 30.8. The van der Waals surface area contributed by atoms with Gasteiger partial charge in [-0.3, -0.25) is 14.5 Å². The third kappa shape index (κ3) is 28.7. The highest BCUT2D eigenvalue weighted by Gasteiger charge is 2.19. The van der Waals surface area contributed by atoms with Crippen molar-refractivity contribution in [2.24, 2.45) is 0 Å². The van der Waals surface area contributed by atoms with Gasteiger partial charge in [0.15, 0.2) is 0 Å². The van der Waals surface area contributed by atoms with Gasteiger partial charge in [0, 0.05) is 12.8 Å². The van der Waals surface area contributed by atoms with Crippen LogP contribution in [-0.4, -0.2) is 35.0 Å². The molecule has 2 amide bonds. The largest absolute Gasteiger partial charge is 0.395 e. The van der Waals surface area contributed by atoms with Crippen LogP contribution >= 0.6 is 0 Å². The van der Waals surface area contributed by atoms with Gasteiger partial charge >= 0.3 is 0 Å². The van der Waals surface area contributed by atoms with Crippen molar-refractivity contribution in [1.82, 2.24) is 4.90 Å². The molecule has 0 aliphatic rings. The fraction of sp³-hybridized carbons (Fsp3) is 0.842. The molecule has 4 nitrogen and oxygen atoms in total. The first-order chi connectivity index (χ1) is 20.7. The predicted molar refractivity (Wildman–Crippen MR) is 183 cm³/mol. The van der Waals surface area contributed by atoms with Gasteiger partial charge in [-0.25, -0.2) is 0 Å². The van der Waals surface area contributed by atoms with Gasteiger partial charge in [-0.15, -0.1) is 0 Å². The lowest BCUT2D eigenvalue weighted by Crippen LogP contribution is -2.38. The monoisotopic (exact) mass is 590 g/mol. The van der Waals surface area contributed by atoms with Crippen LogP contribution in [0, 0.1) is 0 Å². The van der Waals surface area contributed by atoms with E-state index in [2.05, 4.69) is 38.2 Å². The van der Waals surface area contributed by atoms with Crippen LogP contribution < -0.4 is 0 Å². The summed E-state index contributed by atoms with van der Waals surface area (Å²) in [6, 6.07) is 0. The maximum atomic E-state index is 12.6. The van der Waals surface area contributed by atoms with Crippen molar-refractivity contribution < 1.29 is 14.7 Å². The summed E-state index contributed by atoms with van der Waals surface area (Å²) in [6.45, 7) is 4.50. The molecule has 0 fully saturated rings. The van der Waals surface area contributed by atoms with Crippen molar-refractivity contribution in [2.45, 2.75) is 194 Å². The topological polar surface area (TPSA) is 57.6 Å². The van der Waals surface area contributed by atoms with Gasteiger partial charge in [0.25, 0.3) is 0 Å². The molecule has 0 spiro atoms. The molecule has 0 saturated heterocycles. The quantitative estimate of drug-likeness (QED) is 0.0627. The van der Waals surface area contributed by atoms with Crippen LogP contribution in [0.1, 0.15) is 194 Å². The first-order valence-electron chi connectivity index (χ1n) is 18.4. The van der Waals surface area contributed by atoms with E-state index in [0.29, 0.717) is 12.8 Å². The number of aliphatic hydroxyl groups is 1. The Bertz CT molecular complexity index is 590. The third-order valence-electron chi connectivity index (χ3n) is 8.23. The standard InChI is InChI=1S/C38H71NO3/c1-3-5-7-9-11-13-15-17-19-21-23-25-27-29-31-33-37(41)39(35-36-40)38(42)34-32-30-28-26-24-22-20-18-16-14-12-10-8-6-4-2/h17-20,40H,3-16,21-36H2,1-2H3. The van der Waals surface area contributed by atoms with Crippen LogP contribution in [0.3, 0.4) is 0 Å². The Balaban J connectivity index is 3.74. The minimum absolute atomic E-state index is 0.112. The van der Waals surface area contributed by atoms with Gasteiger partial charge in [-0.2, -0.15) is 0 Å². The van der Waals surface area contributed by atoms with Crippen LogP contribution in [0.15, 0.2) is 24.3 Å². The molecule has 0 aromatic carbocycles. The smallest absolute Gasteiger partial charge is 0.229 e. The van der Waals surface area contributed by atoms with Crippen LogP contribution in [-0.2, 0) is 9.59 Å². The summed E-state index contributed by atoms with van der Waals surface area (Å²) in [5.74, 6) is -0.223. The summed E-state index contributed by atoms with van der Waals surface area (Å²) >= 11 is 0. The third-order valence-corrected chi connectivity index (χ3v) is 8.23. The van der Waals surface area contributed by atoms with Crippen molar-refractivity contribution in [1.29, 1.82) is 0 Å². The number of allylic oxidation sites excluding steroid dienone is 4. The van der Waals surface area contributed by atoms with Crippen LogP contribution in [0.5, 0.6) is 0 Å². The van der Waals surface area contributed by atoms with Crippen molar-refractivity contribution in [3.8, 4) is 0 Å². The first kappa shape index (κ1) is 40.6. The van der Waals surface area contributed by atoms with Crippen LogP contribution in [0.25, 0.3) is 0 Å². The molecule has 0 aromatic rings. The van der Waals surface area contributed by atoms with E-state index in [9.17, 15) is 14.7 Å². The Kier molecular flexibility index (Phi) is 32.9. The Morgan fingerprint density at radius 1 is 0.452 bits per heavy atom. The summed E-state index contributed by atoms with van der Waals surface area (Å²) in [5.41, 5.74) is 0. The second-order valence-electron chi connectivity index (χ2n) is 12.3. The van der Waals surface area contributed by atoms with E-state index in [1.54, 1.807) is 0 Å². The highest BCUT2D eigenvalue weighted by Crippen LogP contribution is 2.13. The number of unbranched alkanes of at least 4 members (excludes halogenated alkanes) is 22. The van der Waals surface area contributed by atoms with Crippen molar-refractivity contribution in [3.05, 3.63) is 24.3 Å². The molecule has 0 atom stereocenters. The van der Waals surface area contributed by atoms with E-state index in [1.807, 2.05) is 0 Å². The summed E-state index contributed by atoms with van der Waals surface area (Å²) in [5, 5.41) is 9.38. The average molecular weight is 590 g/mol. The van der Waals surface area contributed by atoms with Crippen LogP contribution in [0.2, 0.25) is 0 Å². The normalized spacial score (nSPS) is 11.7. The van der Waals surface area contributed by atoms with E-state index in [0.717, 1.165) is 51.4 Å². The lowest BCUT2D eigenvalue weighted by atomic mass is 10.1. The number of hydrogen-bond acceptors (Lipinski definition) is 3. The lowest BCUT2D eigenvalue weighted by Gasteiger charge is -2.20. The molecule has 0 bridgehead atoms. The first-order valence-corrected chi connectivity index (χ1v) is 18.4. The van der Waals surface area contributed by atoms with Crippen molar-refractivity contribution >= 4 is 11.8 Å². The summed E-state index contributed by atoms with van der Waals surface area (Å²) in [6.07, 6.45) is 42.1. The Hall–Kier alpha value is -1.42. The molecule has 0 aliphatic heterocycles. The number of nitrogens with zero attached hydrogens (tertiary/aromatic N) is 1. The molecule has 0 heterocycles. The second-order valence-corrected chi connectivity index (χ2v) is 12.3. The number of hydrogen-bond donors (Lipinski definition) is 1. The zero-order valence-corrected chi connectivity index (χ0v) is 28.2. The summed E-state index contributed by atoms with van der Waals surface area (Å²) in [4.78, 5) is 26.6. The summed E-state index contributed by atoms with van der Waals surface area (Å²) in [7, 11) is 0. The predicted octanol–water partition coefficient (Wildman–Crippen LogP) is 11.4. The highest BCUT2D eigenvalue weighted by molar-refractivity contribution is 5.95. The molecule has 42 heavy (non-hydrogen) atoms. The molecular formula is C38H71NO3. The van der Waals surface area contributed by atoms with E-state index >= 15 is 0 Å². The molecule has 0 unspecified atom stereocenters. The number of carbonyl (C=O) groups excluding carboxylic acids is 2. The van der Waals surface area contributed by atoms with Gasteiger partial charge in [-0.1, -0.05) is 141 Å². The van der Waals surface area contributed by atoms with Gasteiger partial charge in [0.1, 0.15) is 0 Å². The van der Waals surface area contributed by atoms with Crippen molar-refractivity contribution in [2.75, 3.05) is 13.2 Å². The minimum Gasteiger partial charge on any atom is -0.395 e. The maximum absolute atomic E-state index is 12.6. The summed E-state index contributed by atoms with van der Waals surface area (Å²) < 4.78 is 0. The number of carbonyl (C=O) groups is 2. The molecular weight excluding hydrogens is 518 g/mol. The van der Waals surface area contributed by atoms with Gasteiger partial charge in [-0.05, 0) is 64.2 Å². The second kappa shape index (κ2) is 34.1. The molecule has 0 aliphatic carbocycles. The van der Waals surface area contributed by atoms with Crippen molar-refractivity contribution in [3.63, 3.8) is 0 Å². The van der Waals surface area contributed by atoms with E-state index in [4.69, 9.17) is 0 Å². The molecule has 0 saturated carbocycles. The highest BCUT2D eigenvalue weighted by atomic mass is 16.3. The number of imide groups is 1. The van der Waals surface area contributed by atoms with Gasteiger partial charge in [0.05, 0.1) is 13.2 Å². The molecule has 0 rings (SSSR count). The van der Waals surface area contributed by atoms with E-state index < -0.39 is 0 Å². The van der Waals surface area contributed by atoms with Gasteiger partial charge in [0.2, 0.25) is 11.8 Å². The number of rotatable bonds is 32. The fourth-order valence-electron chi connectivity index (χ4n) is 5.45. The lowest BCUT2D eigenvalue weighted by molar-refractivity contribution is -0.145. The zero-order valence-electron chi connectivity index (χ0n) is 28.2. The Morgan fingerprint density at radius 2 is 0.738 bits per heavy atom. The SMILES string of the molecule is CCCCCCCCC=CCCCCCCCC(=O)N(CCO)C(=O)CCCCCCCC=CCCCCCCCC. The molecule has 1 N–H and O–H groups in total. The Morgan fingerprint density at radius 3 is 1.05 bits per heavy atom.